The summed E-state index contributed by atoms with van der Waals surface area (Å²) in [7, 11) is 1.69. The molecule has 1 aromatic carbocycles. The lowest BCUT2D eigenvalue weighted by Gasteiger charge is -2.14. The van der Waals surface area contributed by atoms with Crippen LogP contribution in [-0.2, 0) is 6.54 Å². The molecule has 1 atom stereocenters. The molecule has 0 fully saturated rings. The van der Waals surface area contributed by atoms with E-state index in [9.17, 15) is 0 Å². The van der Waals surface area contributed by atoms with Crippen molar-refractivity contribution in [3.05, 3.63) is 51.7 Å². The molecule has 18 heavy (non-hydrogen) atoms. The van der Waals surface area contributed by atoms with Gasteiger partial charge in [-0.1, -0.05) is 12.1 Å². The number of benzene rings is 1. The van der Waals surface area contributed by atoms with Gasteiger partial charge in [0.05, 0.1) is 7.11 Å². The Morgan fingerprint density at radius 3 is 2.50 bits per heavy atom. The number of hydrogen-bond donors (Lipinski definition) is 1. The maximum absolute atomic E-state index is 5.16. The number of aryl methyl sites for hydroxylation is 1. The molecule has 0 aliphatic carbocycles. The molecule has 0 spiro atoms. The van der Waals surface area contributed by atoms with E-state index in [1.165, 1.54) is 16.0 Å². The molecule has 0 aliphatic heterocycles. The minimum atomic E-state index is 0.345. The van der Waals surface area contributed by atoms with Crippen LogP contribution >= 0.6 is 11.3 Å². The fourth-order valence-corrected chi connectivity index (χ4v) is 2.70. The molecule has 1 N–H and O–H groups in total. The zero-order valence-electron chi connectivity index (χ0n) is 11.1. The molecule has 3 heteroatoms. The summed E-state index contributed by atoms with van der Waals surface area (Å²) >= 11 is 1.81. The highest BCUT2D eigenvalue weighted by atomic mass is 32.1. The third-order valence-corrected chi connectivity index (χ3v) is 4.18. The molecule has 0 aliphatic rings. The number of rotatable bonds is 5. The predicted octanol–water partition coefficient (Wildman–Crippen LogP) is 3.92. The van der Waals surface area contributed by atoms with Crippen LogP contribution in [0.1, 0.15) is 29.0 Å². The van der Waals surface area contributed by atoms with E-state index in [4.69, 9.17) is 4.74 Å². The van der Waals surface area contributed by atoms with Crippen molar-refractivity contribution in [1.29, 1.82) is 0 Å². The molecule has 0 unspecified atom stereocenters. The first kappa shape index (κ1) is 13.1. The monoisotopic (exact) mass is 261 g/mol. The standard InChI is InChI=1S/C15H19NOS/c1-11-8-9-18-15(11)10-16-12(2)13-4-6-14(17-3)7-5-13/h4-9,12,16H,10H2,1-3H3/t12-/m0/s1. The second kappa shape index (κ2) is 6.03. The smallest absolute Gasteiger partial charge is 0.118 e. The molecule has 0 saturated heterocycles. The van der Waals surface area contributed by atoms with Gasteiger partial charge in [0.2, 0.25) is 0 Å². The number of nitrogens with one attached hydrogen (secondary N) is 1. The van der Waals surface area contributed by atoms with Crippen molar-refractivity contribution in [1.82, 2.24) is 5.32 Å². The van der Waals surface area contributed by atoms with Crippen LogP contribution in [-0.4, -0.2) is 7.11 Å². The number of methoxy groups -OCH3 is 1. The van der Waals surface area contributed by atoms with Gasteiger partial charge in [-0.2, -0.15) is 0 Å². The molecule has 96 valence electrons. The van der Waals surface area contributed by atoms with Gasteiger partial charge in [-0.05, 0) is 48.6 Å². The van der Waals surface area contributed by atoms with Crippen LogP contribution in [0.3, 0.4) is 0 Å². The lowest BCUT2D eigenvalue weighted by molar-refractivity contribution is 0.414. The average Bonchev–Trinajstić information content (AvgIpc) is 2.81. The molecular weight excluding hydrogens is 242 g/mol. The lowest BCUT2D eigenvalue weighted by Crippen LogP contribution is -2.17. The summed E-state index contributed by atoms with van der Waals surface area (Å²) in [5.74, 6) is 0.903. The van der Waals surface area contributed by atoms with E-state index in [0.717, 1.165) is 12.3 Å². The van der Waals surface area contributed by atoms with Crippen LogP contribution in [0, 0.1) is 6.92 Å². The van der Waals surface area contributed by atoms with Gasteiger partial charge >= 0.3 is 0 Å². The summed E-state index contributed by atoms with van der Waals surface area (Å²) in [6.07, 6.45) is 0. The molecule has 0 bridgehead atoms. The van der Waals surface area contributed by atoms with Crippen molar-refractivity contribution in [3.8, 4) is 5.75 Å². The second-order valence-electron chi connectivity index (χ2n) is 4.40. The van der Waals surface area contributed by atoms with Crippen molar-refractivity contribution in [2.45, 2.75) is 26.4 Å². The first-order chi connectivity index (χ1) is 8.70. The highest BCUT2D eigenvalue weighted by molar-refractivity contribution is 7.10. The summed E-state index contributed by atoms with van der Waals surface area (Å²) in [6, 6.07) is 10.7. The van der Waals surface area contributed by atoms with E-state index in [1.807, 2.05) is 23.5 Å². The Balaban J connectivity index is 1.94. The molecule has 0 amide bonds. The zero-order chi connectivity index (χ0) is 13.0. The van der Waals surface area contributed by atoms with Crippen LogP contribution in [0.5, 0.6) is 5.75 Å². The average molecular weight is 261 g/mol. The van der Waals surface area contributed by atoms with E-state index in [1.54, 1.807) is 7.11 Å². The Hall–Kier alpha value is -1.32. The second-order valence-corrected chi connectivity index (χ2v) is 5.40. The topological polar surface area (TPSA) is 21.3 Å². The van der Waals surface area contributed by atoms with E-state index < -0.39 is 0 Å². The fourth-order valence-electron chi connectivity index (χ4n) is 1.84. The first-order valence-electron chi connectivity index (χ1n) is 6.11. The molecule has 0 saturated carbocycles. The molecule has 0 radical (unpaired) electrons. The minimum Gasteiger partial charge on any atom is -0.497 e. The highest BCUT2D eigenvalue weighted by Gasteiger charge is 2.06. The zero-order valence-corrected chi connectivity index (χ0v) is 11.9. The van der Waals surface area contributed by atoms with Crippen LogP contribution in [0.4, 0.5) is 0 Å². The SMILES string of the molecule is COc1ccc([C@H](C)NCc2sccc2C)cc1. The van der Waals surface area contributed by atoms with Crippen LogP contribution in [0.15, 0.2) is 35.7 Å². The summed E-state index contributed by atoms with van der Waals surface area (Å²) in [5, 5.41) is 5.69. The van der Waals surface area contributed by atoms with Crippen LogP contribution < -0.4 is 10.1 Å². The van der Waals surface area contributed by atoms with Gasteiger partial charge in [0.1, 0.15) is 5.75 Å². The molecule has 2 nitrogen and oxygen atoms in total. The van der Waals surface area contributed by atoms with Gasteiger partial charge in [0, 0.05) is 17.5 Å². The Kier molecular flexibility index (Phi) is 4.39. The Morgan fingerprint density at radius 2 is 1.94 bits per heavy atom. The molecule has 1 heterocycles. The molecule has 1 aromatic heterocycles. The van der Waals surface area contributed by atoms with Gasteiger partial charge < -0.3 is 10.1 Å². The fraction of sp³-hybridized carbons (Fsp3) is 0.333. The third-order valence-electron chi connectivity index (χ3n) is 3.15. The highest BCUT2D eigenvalue weighted by Crippen LogP contribution is 2.20. The summed E-state index contributed by atoms with van der Waals surface area (Å²) < 4.78 is 5.16. The summed E-state index contributed by atoms with van der Waals surface area (Å²) in [5.41, 5.74) is 2.65. The number of thiophene rings is 1. The molecule has 2 rings (SSSR count). The van der Waals surface area contributed by atoms with Gasteiger partial charge in [-0.25, -0.2) is 0 Å². The Bertz CT molecular complexity index is 489. The van der Waals surface area contributed by atoms with E-state index in [0.29, 0.717) is 6.04 Å². The number of ether oxygens (including phenoxy) is 1. The quantitative estimate of drug-likeness (QED) is 0.881. The van der Waals surface area contributed by atoms with Gasteiger partial charge in [0.25, 0.3) is 0 Å². The first-order valence-corrected chi connectivity index (χ1v) is 6.99. The van der Waals surface area contributed by atoms with Crippen molar-refractivity contribution in [3.63, 3.8) is 0 Å². The Morgan fingerprint density at radius 1 is 1.22 bits per heavy atom. The van der Waals surface area contributed by atoms with Gasteiger partial charge in [-0.3, -0.25) is 0 Å². The largest absolute Gasteiger partial charge is 0.497 e. The van der Waals surface area contributed by atoms with Crippen molar-refractivity contribution in [2.24, 2.45) is 0 Å². The number of hydrogen-bond acceptors (Lipinski definition) is 3. The normalized spacial score (nSPS) is 12.4. The lowest BCUT2D eigenvalue weighted by atomic mass is 10.1. The van der Waals surface area contributed by atoms with E-state index in [-0.39, 0.29) is 0 Å². The van der Waals surface area contributed by atoms with Crippen molar-refractivity contribution >= 4 is 11.3 Å². The molecular formula is C15H19NOS. The third kappa shape index (κ3) is 3.12. The summed E-state index contributed by atoms with van der Waals surface area (Å²) in [6.45, 7) is 5.27. The van der Waals surface area contributed by atoms with E-state index in [2.05, 4.69) is 42.7 Å². The summed E-state index contributed by atoms with van der Waals surface area (Å²) in [4.78, 5) is 1.41. The predicted molar refractivity (Wildman–Crippen MR) is 77.3 cm³/mol. The van der Waals surface area contributed by atoms with Gasteiger partial charge in [-0.15, -0.1) is 11.3 Å². The maximum atomic E-state index is 5.16. The Labute approximate surface area is 113 Å². The maximum Gasteiger partial charge on any atom is 0.118 e. The van der Waals surface area contributed by atoms with Gasteiger partial charge in [0.15, 0.2) is 0 Å². The molecule has 2 aromatic rings. The van der Waals surface area contributed by atoms with Crippen LogP contribution in [0.25, 0.3) is 0 Å². The van der Waals surface area contributed by atoms with E-state index >= 15 is 0 Å². The van der Waals surface area contributed by atoms with Crippen LogP contribution in [0.2, 0.25) is 0 Å². The van der Waals surface area contributed by atoms with Crippen molar-refractivity contribution in [2.75, 3.05) is 7.11 Å². The minimum absolute atomic E-state index is 0.345. The van der Waals surface area contributed by atoms with Crippen molar-refractivity contribution < 1.29 is 4.74 Å².